The monoisotopic (exact) mass is 628 g/mol. The topological polar surface area (TPSA) is 51.6 Å². The van der Waals surface area contributed by atoms with E-state index in [1.54, 1.807) is 0 Å². The average molecular weight is 629 g/mol. The van der Waals surface area contributed by atoms with Crippen LogP contribution in [-0.4, -0.2) is 19.9 Å². The first-order valence-electron chi connectivity index (χ1n) is 16.6. The van der Waals surface area contributed by atoms with E-state index in [1.165, 1.54) is 38.6 Å². The Morgan fingerprint density at radius 2 is 0.980 bits per heavy atom. The maximum Gasteiger partial charge on any atom is 0.164 e. The summed E-state index contributed by atoms with van der Waals surface area (Å²) >= 11 is 0. The van der Waals surface area contributed by atoms with E-state index in [0.29, 0.717) is 17.5 Å². The van der Waals surface area contributed by atoms with Crippen LogP contribution in [0.1, 0.15) is 25.0 Å². The fourth-order valence-corrected chi connectivity index (χ4v) is 7.34. The second-order valence-corrected chi connectivity index (χ2v) is 13.2. The molecule has 8 aromatic rings. The van der Waals surface area contributed by atoms with Crippen molar-refractivity contribution in [2.24, 2.45) is 0 Å². The van der Waals surface area contributed by atoms with Gasteiger partial charge in [-0.1, -0.05) is 135 Å². The van der Waals surface area contributed by atoms with E-state index >= 15 is 0 Å². The van der Waals surface area contributed by atoms with Gasteiger partial charge in [0.1, 0.15) is 0 Å². The maximum atomic E-state index is 5.04. The summed E-state index contributed by atoms with van der Waals surface area (Å²) < 4.78 is 0. The van der Waals surface area contributed by atoms with Gasteiger partial charge in [0.05, 0.1) is 0 Å². The second-order valence-electron chi connectivity index (χ2n) is 13.2. The van der Waals surface area contributed by atoms with Crippen LogP contribution in [0.25, 0.3) is 78.3 Å². The Balaban J connectivity index is 1.13. The molecule has 0 fully saturated rings. The fraction of sp³-hybridized carbons (Fsp3) is 0.0667. The fourth-order valence-electron chi connectivity index (χ4n) is 7.34. The molecule has 1 aliphatic carbocycles. The first-order chi connectivity index (χ1) is 24.0. The van der Waals surface area contributed by atoms with Crippen LogP contribution in [-0.2, 0) is 5.41 Å². The highest BCUT2D eigenvalue weighted by Crippen LogP contribution is 2.52. The minimum atomic E-state index is -0.0858. The lowest BCUT2D eigenvalue weighted by atomic mass is 9.80. The number of pyridine rings is 1. The summed E-state index contributed by atoms with van der Waals surface area (Å²) in [6.45, 7) is 4.69. The Bertz CT molecular complexity index is 2500. The molecule has 0 unspecified atom stereocenters. The summed E-state index contributed by atoms with van der Waals surface area (Å²) in [6.07, 6.45) is 3.62. The predicted octanol–water partition coefficient (Wildman–Crippen LogP) is 11.1. The van der Waals surface area contributed by atoms with Crippen LogP contribution in [0.3, 0.4) is 0 Å². The third kappa shape index (κ3) is 5.01. The Labute approximate surface area is 285 Å². The third-order valence-corrected chi connectivity index (χ3v) is 9.82. The van der Waals surface area contributed by atoms with E-state index in [9.17, 15) is 0 Å². The summed E-state index contributed by atoms with van der Waals surface area (Å²) in [5, 5.41) is 2.61. The summed E-state index contributed by atoms with van der Waals surface area (Å²) in [5.41, 5.74) is 12.7. The molecule has 0 saturated heterocycles. The Kier molecular flexibility index (Phi) is 6.77. The summed E-state index contributed by atoms with van der Waals surface area (Å²) in [6, 6.07) is 51.3. The Morgan fingerprint density at radius 3 is 1.76 bits per heavy atom. The van der Waals surface area contributed by atoms with E-state index < -0.39 is 0 Å². The highest BCUT2D eigenvalue weighted by atomic mass is 15.0. The summed E-state index contributed by atoms with van der Waals surface area (Å²) in [7, 11) is 0. The Morgan fingerprint density at radius 1 is 0.408 bits per heavy atom. The normalized spacial score (nSPS) is 12.9. The number of nitrogens with zero attached hydrogens (tertiary/aromatic N) is 4. The van der Waals surface area contributed by atoms with Crippen molar-refractivity contribution in [1.82, 2.24) is 19.9 Å². The zero-order chi connectivity index (χ0) is 33.0. The van der Waals surface area contributed by atoms with Gasteiger partial charge in [-0.25, -0.2) is 15.0 Å². The van der Waals surface area contributed by atoms with Crippen LogP contribution in [0, 0.1) is 0 Å². The quantitative estimate of drug-likeness (QED) is 0.190. The van der Waals surface area contributed by atoms with E-state index in [1.807, 2.05) is 54.9 Å². The van der Waals surface area contributed by atoms with Crippen molar-refractivity contribution in [2.75, 3.05) is 0 Å². The molecule has 0 bridgehead atoms. The minimum Gasteiger partial charge on any atom is -0.265 e. The van der Waals surface area contributed by atoms with E-state index in [4.69, 9.17) is 15.0 Å². The van der Waals surface area contributed by atoms with Gasteiger partial charge in [-0.2, -0.15) is 0 Å². The third-order valence-electron chi connectivity index (χ3n) is 9.82. The molecule has 2 aromatic heterocycles. The summed E-state index contributed by atoms with van der Waals surface area (Å²) in [4.78, 5) is 19.1. The van der Waals surface area contributed by atoms with Gasteiger partial charge in [0.25, 0.3) is 0 Å². The van der Waals surface area contributed by atoms with Crippen molar-refractivity contribution in [1.29, 1.82) is 0 Å². The van der Waals surface area contributed by atoms with E-state index in [0.717, 1.165) is 33.4 Å². The van der Waals surface area contributed by atoms with Crippen LogP contribution in [0.2, 0.25) is 0 Å². The SMILES string of the molecule is CC1(C)c2ccc(-c3cccc(-c4nc(-c5ccccc5)nc(-c5ccc(-c6ccncc6)cc5)n4)c3)cc2-c2ccc3ccccc3c21. The number of rotatable bonds is 5. The van der Waals surface area contributed by atoms with Gasteiger partial charge in [0.2, 0.25) is 0 Å². The smallest absolute Gasteiger partial charge is 0.164 e. The van der Waals surface area contributed by atoms with Crippen LogP contribution in [0.15, 0.2) is 158 Å². The maximum absolute atomic E-state index is 5.04. The van der Waals surface area contributed by atoms with Gasteiger partial charge in [-0.3, -0.25) is 4.98 Å². The zero-order valence-corrected chi connectivity index (χ0v) is 27.3. The lowest BCUT2D eigenvalue weighted by Crippen LogP contribution is -2.15. The number of aromatic nitrogens is 4. The van der Waals surface area contributed by atoms with Crippen molar-refractivity contribution in [3.05, 3.63) is 169 Å². The van der Waals surface area contributed by atoms with Crippen molar-refractivity contribution < 1.29 is 0 Å². The van der Waals surface area contributed by atoms with Gasteiger partial charge in [0, 0.05) is 34.5 Å². The lowest BCUT2D eigenvalue weighted by Gasteiger charge is -2.23. The molecular formula is C45H32N4. The van der Waals surface area contributed by atoms with E-state index in [-0.39, 0.29) is 5.41 Å². The van der Waals surface area contributed by atoms with Gasteiger partial charge >= 0.3 is 0 Å². The highest BCUT2D eigenvalue weighted by molar-refractivity contribution is 5.98. The number of fused-ring (bicyclic) bond motifs is 5. The van der Waals surface area contributed by atoms with Crippen LogP contribution in [0.5, 0.6) is 0 Å². The molecule has 0 radical (unpaired) electrons. The lowest BCUT2D eigenvalue weighted by molar-refractivity contribution is 0.666. The van der Waals surface area contributed by atoms with Gasteiger partial charge in [-0.15, -0.1) is 0 Å². The van der Waals surface area contributed by atoms with Gasteiger partial charge < -0.3 is 0 Å². The molecule has 9 rings (SSSR count). The highest BCUT2D eigenvalue weighted by Gasteiger charge is 2.36. The largest absolute Gasteiger partial charge is 0.265 e. The molecule has 0 saturated carbocycles. The molecule has 6 aromatic carbocycles. The number of hydrogen-bond acceptors (Lipinski definition) is 4. The molecule has 2 heterocycles. The molecule has 4 heteroatoms. The molecule has 0 aliphatic heterocycles. The van der Waals surface area contributed by atoms with Crippen LogP contribution < -0.4 is 0 Å². The number of benzene rings is 6. The molecular weight excluding hydrogens is 597 g/mol. The molecule has 0 N–H and O–H groups in total. The number of hydrogen-bond donors (Lipinski definition) is 0. The molecule has 0 spiro atoms. The predicted molar refractivity (Wildman–Crippen MR) is 200 cm³/mol. The molecule has 1 aliphatic rings. The van der Waals surface area contributed by atoms with E-state index in [2.05, 4.69) is 122 Å². The average Bonchev–Trinajstić information content (AvgIpc) is 3.41. The first kappa shape index (κ1) is 28.9. The van der Waals surface area contributed by atoms with Gasteiger partial charge in [0.15, 0.2) is 17.5 Å². The van der Waals surface area contributed by atoms with Crippen LogP contribution >= 0.6 is 0 Å². The Hall–Kier alpha value is -6.26. The molecule has 0 atom stereocenters. The van der Waals surface area contributed by atoms with Crippen LogP contribution in [0.4, 0.5) is 0 Å². The first-order valence-corrected chi connectivity index (χ1v) is 16.6. The molecule has 0 amide bonds. The molecule has 4 nitrogen and oxygen atoms in total. The minimum absolute atomic E-state index is 0.0858. The summed E-state index contributed by atoms with van der Waals surface area (Å²) in [5.74, 6) is 1.93. The molecule has 232 valence electrons. The standard InChI is InChI=1S/C45H32N4/c1-45(2)40-22-20-35(28-39(40)38-21-19-31-9-6-7-14-37(31)41(38)45)34-12-8-13-36(27-34)44-48-42(32-10-4-3-5-11-32)47-43(49-44)33-17-15-29(16-18-33)30-23-25-46-26-24-30/h3-28H,1-2H3. The second kappa shape index (κ2) is 11.5. The van der Waals surface area contributed by atoms with Crippen molar-refractivity contribution in [2.45, 2.75) is 19.3 Å². The van der Waals surface area contributed by atoms with Crippen molar-refractivity contribution in [3.63, 3.8) is 0 Å². The zero-order valence-electron chi connectivity index (χ0n) is 27.3. The van der Waals surface area contributed by atoms with Gasteiger partial charge in [-0.05, 0) is 79.5 Å². The van der Waals surface area contributed by atoms with Crippen molar-refractivity contribution >= 4 is 10.8 Å². The van der Waals surface area contributed by atoms with Crippen molar-refractivity contribution in [3.8, 4) is 67.5 Å². The molecule has 49 heavy (non-hydrogen) atoms.